The van der Waals surface area contributed by atoms with Gasteiger partial charge in [0, 0.05) is 6.04 Å². The Bertz CT molecular complexity index is 381. The van der Waals surface area contributed by atoms with E-state index < -0.39 is 0 Å². The van der Waals surface area contributed by atoms with Crippen molar-refractivity contribution < 1.29 is 0 Å². The van der Waals surface area contributed by atoms with Gasteiger partial charge in [0.05, 0.1) is 0 Å². The van der Waals surface area contributed by atoms with Crippen LogP contribution in [0.5, 0.6) is 0 Å². The van der Waals surface area contributed by atoms with Gasteiger partial charge in [-0.15, -0.1) is 0 Å². The molecule has 1 aromatic carbocycles. The van der Waals surface area contributed by atoms with Crippen molar-refractivity contribution in [2.45, 2.75) is 52.5 Å². The van der Waals surface area contributed by atoms with Gasteiger partial charge in [-0.25, -0.2) is 0 Å². The summed E-state index contributed by atoms with van der Waals surface area (Å²) in [6.07, 6.45) is 5.30. The zero-order valence-corrected chi connectivity index (χ0v) is 11.4. The molecule has 2 unspecified atom stereocenters. The van der Waals surface area contributed by atoms with Crippen LogP contribution in [-0.2, 0) is 0 Å². The largest absolute Gasteiger partial charge is 0.324 e. The molecular formula is C16H25N. The lowest BCUT2D eigenvalue weighted by Gasteiger charge is -2.42. The van der Waals surface area contributed by atoms with Gasteiger partial charge < -0.3 is 5.73 Å². The monoisotopic (exact) mass is 231 g/mol. The van der Waals surface area contributed by atoms with Gasteiger partial charge in [-0.3, -0.25) is 0 Å². The molecule has 0 heterocycles. The van der Waals surface area contributed by atoms with E-state index in [1.54, 1.807) is 0 Å². The maximum absolute atomic E-state index is 6.55. The molecule has 1 aliphatic carbocycles. The highest BCUT2D eigenvalue weighted by molar-refractivity contribution is 5.29. The number of hydrogen-bond donors (Lipinski definition) is 1. The molecule has 0 aliphatic heterocycles. The summed E-state index contributed by atoms with van der Waals surface area (Å²) in [6.45, 7) is 6.94. The average Bonchev–Trinajstić information content (AvgIpc) is 2.28. The molecule has 1 nitrogen and oxygen atoms in total. The Morgan fingerprint density at radius 1 is 1.24 bits per heavy atom. The molecule has 1 heteroatoms. The lowest BCUT2D eigenvalue weighted by molar-refractivity contribution is 0.112. The van der Waals surface area contributed by atoms with E-state index in [0.29, 0.717) is 11.3 Å². The van der Waals surface area contributed by atoms with Crippen molar-refractivity contribution in [3.63, 3.8) is 0 Å². The number of benzene rings is 1. The predicted octanol–water partition coefficient (Wildman–Crippen LogP) is 4.21. The highest BCUT2D eigenvalue weighted by Crippen LogP contribution is 2.46. The van der Waals surface area contributed by atoms with Crippen LogP contribution >= 0.6 is 0 Å². The Morgan fingerprint density at radius 2 is 1.94 bits per heavy atom. The normalized spacial score (nSPS) is 25.5. The number of hydrogen-bond acceptors (Lipinski definition) is 1. The van der Waals surface area contributed by atoms with Crippen LogP contribution in [0.4, 0.5) is 0 Å². The molecule has 1 saturated carbocycles. The Morgan fingerprint density at radius 3 is 2.59 bits per heavy atom. The van der Waals surface area contributed by atoms with Gasteiger partial charge >= 0.3 is 0 Å². The second-order valence-electron chi connectivity index (χ2n) is 6.22. The molecule has 2 rings (SSSR count). The fraction of sp³-hybridized carbons (Fsp3) is 0.625. The van der Waals surface area contributed by atoms with Crippen molar-refractivity contribution in [3.05, 3.63) is 35.4 Å². The molecule has 0 aromatic heterocycles. The maximum atomic E-state index is 6.55. The molecule has 0 saturated heterocycles. The summed E-state index contributed by atoms with van der Waals surface area (Å²) in [4.78, 5) is 0. The summed E-state index contributed by atoms with van der Waals surface area (Å²) in [6, 6.07) is 8.78. The van der Waals surface area contributed by atoms with Crippen LogP contribution in [0.3, 0.4) is 0 Å². The highest BCUT2D eigenvalue weighted by atomic mass is 14.7. The van der Waals surface area contributed by atoms with Crippen molar-refractivity contribution in [3.8, 4) is 0 Å². The molecule has 17 heavy (non-hydrogen) atoms. The van der Waals surface area contributed by atoms with Gasteiger partial charge in [-0.05, 0) is 42.2 Å². The van der Waals surface area contributed by atoms with E-state index in [9.17, 15) is 0 Å². The standard InChI is InChI=1S/C16H25N/c1-12-8-4-5-9-13(12)15(17)14-10-6-7-11-16(14,2)3/h4-5,8-9,14-15H,6-7,10-11,17H2,1-3H3. The minimum absolute atomic E-state index is 0.200. The second-order valence-corrected chi connectivity index (χ2v) is 6.22. The molecule has 2 atom stereocenters. The Hall–Kier alpha value is -0.820. The SMILES string of the molecule is Cc1ccccc1C(N)C1CCCCC1(C)C. The van der Waals surface area contributed by atoms with Crippen LogP contribution in [0.2, 0.25) is 0 Å². The first-order valence-corrected chi connectivity index (χ1v) is 6.83. The first-order chi connectivity index (χ1) is 8.02. The number of aryl methyl sites for hydroxylation is 1. The fourth-order valence-electron chi connectivity index (χ4n) is 3.36. The average molecular weight is 231 g/mol. The van der Waals surface area contributed by atoms with Crippen LogP contribution in [0.25, 0.3) is 0 Å². The Kier molecular flexibility index (Phi) is 3.58. The van der Waals surface area contributed by atoms with Crippen molar-refractivity contribution in [1.29, 1.82) is 0 Å². The summed E-state index contributed by atoms with van der Waals surface area (Å²) < 4.78 is 0. The Labute approximate surface area is 105 Å². The molecular weight excluding hydrogens is 206 g/mol. The zero-order chi connectivity index (χ0) is 12.5. The van der Waals surface area contributed by atoms with Gasteiger partial charge in [-0.2, -0.15) is 0 Å². The van der Waals surface area contributed by atoms with Crippen LogP contribution in [-0.4, -0.2) is 0 Å². The molecule has 1 fully saturated rings. The topological polar surface area (TPSA) is 26.0 Å². The minimum Gasteiger partial charge on any atom is -0.324 e. The molecule has 0 spiro atoms. The lowest BCUT2D eigenvalue weighted by atomic mass is 9.65. The van der Waals surface area contributed by atoms with Crippen molar-refractivity contribution in [2.24, 2.45) is 17.1 Å². The number of nitrogens with two attached hydrogens (primary N) is 1. The summed E-state index contributed by atoms with van der Waals surface area (Å²) >= 11 is 0. The number of rotatable bonds is 2. The molecule has 0 amide bonds. The quantitative estimate of drug-likeness (QED) is 0.810. The van der Waals surface area contributed by atoms with Gasteiger partial charge in [0.25, 0.3) is 0 Å². The zero-order valence-electron chi connectivity index (χ0n) is 11.4. The predicted molar refractivity (Wildman–Crippen MR) is 73.8 cm³/mol. The van der Waals surface area contributed by atoms with Crippen LogP contribution in [0.15, 0.2) is 24.3 Å². The van der Waals surface area contributed by atoms with Gasteiger partial charge in [0.1, 0.15) is 0 Å². The molecule has 1 aromatic rings. The second kappa shape index (κ2) is 4.81. The minimum atomic E-state index is 0.200. The van der Waals surface area contributed by atoms with Crippen LogP contribution < -0.4 is 5.73 Å². The summed E-state index contributed by atoms with van der Waals surface area (Å²) in [5.41, 5.74) is 9.61. The van der Waals surface area contributed by atoms with Crippen molar-refractivity contribution in [2.75, 3.05) is 0 Å². The van der Waals surface area contributed by atoms with E-state index in [1.165, 1.54) is 36.8 Å². The highest BCUT2D eigenvalue weighted by Gasteiger charge is 2.36. The maximum Gasteiger partial charge on any atom is 0.0331 e. The summed E-state index contributed by atoms with van der Waals surface area (Å²) in [5, 5.41) is 0. The first kappa shape index (κ1) is 12.6. The molecule has 1 aliphatic rings. The summed E-state index contributed by atoms with van der Waals surface area (Å²) in [7, 11) is 0. The van der Waals surface area contributed by atoms with Gasteiger partial charge in [-0.1, -0.05) is 51.0 Å². The van der Waals surface area contributed by atoms with E-state index >= 15 is 0 Å². The Balaban J connectivity index is 2.25. The molecule has 94 valence electrons. The van der Waals surface area contributed by atoms with E-state index in [0.717, 1.165) is 0 Å². The fourth-order valence-corrected chi connectivity index (χ4v) is 3.36. The van der Waals surface area contributed by atoms with E-state index in [-0.39, 0.29) is 6.04 Å². The third kappa shape index (κ3) is 2.55. The smallest absolute Gasteiger partial charge is 0.0331 e. The van der Waals surface area contributed by atoms with E-state index in [1.807, 2.05) is 0 Å². The van der Waals surface area contributed by atoms with Gasteiger partial charge in [0.2, 0.25) is 0 Å². The third-order valence-electron chi connectivity index (χ3n) is 4.57. The van der Waals surface area contributed by atoms with E-state index in [4.69, 9.17) is 5.73 Å². The molecule has 0 bridgehead atoms. The molecule has 0 radical (unpaired) electrons. The van der Waals surface area contributed by atoms with Gasteiger partial charge in [0.15, 0.2) is 0 Å². The van der Waals surface area contributed by atoms with Crippen molar-refractivity contribution in [1.82, 2.24) is 0 Å². The van der Waals surface area contributed by atoms with Crippen molar-refractivity contribution >= 4 is 0 Å². The first-order valence-electron chi connectivity index (χ1n) is 6.83. The summed E-state index contributed by atoms with van der Waals surface area (Å²) in [5.74, 6) is 0.623. The lowest BCUT2D eigenvalue weighted by Crippen LogP contribution is -2.36. The van der Waals surface area contributed by atoms with Crippen LogP contribution in [0.1, 0.15) is 56.7 Å². The molecule has 2 N–H and O–H groups in total. The van der Waals surface area contributed by atoms with Crippen LogP contribution in [0, 0.1) is 18.3 Å². The van der Waals surface area contributed by atoms with E-state index in [2.05, 4.69) is 45.0 Å². The third-order valence-corrected chi connectivity index (χ3v) is 4.57.